The molecule has 0 aliphatic carbocycles. The minimum atomic E-state index is -0.609. The van der Waals surface area contributed by atoms with E-state index < -0.39 is 10.8 Å². The summed E-state index contributed by atoms with van der Waals surface area (Å²) < 4.78 is 5.14. The quantitative estimate of drug-likeness (QED) is 0.610. The van der Waals surface area contributed by atoms with E-state index in [-0.39, 0.29) is 28.2 Å². The van der Waals surface area contributed by atoms with Gasteiger partial charge in [0.2, 0.25) is 0 Å². The summed E-state index contributed by atoms with van der Waals surface area (Å²) in [6.45, 7) is 3.97. The number of carbonyl (C=O) groups is 1. The van der Waals surface area contributed by atoms with Gasteiger partial charge >= 0.3 is 0 Å². The van der Waals surface area contributed by atoms with Crippen molar-refractivity contribution in [2.24, 2.45) is 5.92 Å². The second kappa shape index (κ2) is 7.98. The fraction of sp³-hybridized carbons (Fsp3) is 0.278. The predicted molar refractivity (Wildman–Crippen MR) is 96.1 cm³/mol. The summed E-state index contributed by atoms with van der Waals surface area (Å²) in [6.07, 6.45) is 0. The minimum absolute atomic E-state index is 0.00267. The third-order valence-corrected chi connectivity index (χ3v) is 4.15. The van der Waals surface area contributed by atoms with Gasteiger partial charge in [0.05, 0.1) is 18.1 Å². The molecular formula is C18H19ClN2O4. The highest BCUT2D eigenvalue weighted by Gasteiger charge is 2.21. The first-order chi connectivity index (χ1) is 11.8. The second-order valence-corrected chi connectivity index (χ2v) is 6.30. The van der Waals surface area contributed by atoms with Crippen LogP contribution in [0, 0.1) is 16.0 Å². The molecule has 1 unspecified atom stereocenters. The van der Waals surface area contributed by atoms with Gasteiger partial charge in [-0.05, 0) is 35.7 Å². The highest BCUT2D eigenvalue weighted by molar-refractivity contribution is 6.32. The van der Waals surface area contributed by atoms with Crippen LogP contribution in [-0.4, -0.2) is 17.9 Å². The smallest absolute Gasteiger partial charge is 0.288 e. The Labute approximate surface area is 150 Å². The lowest BCUT2D eigenvalue weighted by atomic mass is 9.95. The van der Waals surface area contributed by atoms with E-state index in [9.17, 15) is 14.9 Å². The van der Waals surface area contributed by atoms with Crippen LogP contribution in [0.4, 0.5) is 5.69 Å². The lowest BCUT2D eigenvalue weighted by Gasteiger charge is -2.23. The zero-order chi connectivity index (χ0) is 18.6. The lowest BCUT2D eigenvalue weighted by Crippen LogP contribution is -2.31. The highest BCUT2D eigenvalue weighted by atomic mass is 35.5. The van der Waals surface area contributed by atoms with E-state index in [2.05, 4.69) is 5.32 Å². The number of rotatable bonds is 6. The Morgan fingerprint density at radius 1 is 1.20 bits per heavy atom. The Hall–Kier alpha value is -2.60. The molecule has 0 saturated heterocycles. The van der Waals surface area contributed by atoms with Crippen LogP contribution in [0.3, 0.4) is 0 Å². The van der Waals surface area contributed by atoms with Crippen LogP contribution in [-0.2, 0) is 0 Å². The molecule has 0 spiro atoms. The number of nitro groups is 1. The molecule has 2 aromatic rings. The average Bonchev–Trinajstić information content (AvgIpc) is 2.59. The number of benzene rings is 2. The Bertz CT molecular complexity index is 775. The molecule has 1 N–H and O–H groups in total. The molecule has 2 rings (SSSR count). The third kappa shape index (κ3) is 4.48. The minimum Gasteiger partial charge on any atom is -0.497 e. The summed E-state index contributed by atoms with van der Waals surface area (Å²) in [5.41, 5.74) is 0.822. The first kappa shape index (κ1) is 18.7. The van der Waals surface area contributed by atoms with Gasteiger partial charge in [-0.25, -0.2) is 0 Å². The van der Waals surface area contributed by atoms with Crippen LogP contribution < -0.4 is 10.1 Å². The van der Waals surface area contributed by atoms with Gasteiger partial charge in [-0.15, -0.1) is 0 Å². The zero-order valence-corrected chi connectivity index (χ0v) is 14.9. The molecule has 1 atom stereocenters. The van der Waals surface area contributed by atoms with Crippen molar-refractivity contribution < 1.29 is 14.5 Å². The SMILES string of the molecule is COc1ccc(C(NC(=O)c2ccc(Cl)c([N+](=O)[O-])c2)C(C)C)cc1. The molecule has 2 aromatic carbocycles. The molecule has 0 heterocycles. The van der Waals surface area contributed by atoms with Crippen LogP contribution in [0.5, 0.6) is 5.75 Å². The van der Waals surface area contributed by atoms with Crippen LogP contribution in [0.25, 0.3) is 0 Å². The number of nitrogens with one attached hydrogen (secondary N) is 1. The molecule has 25 heavy (non-hydrogen) atoms. The molecule has 1 amide bonds. The van der Waals surface area contributed by atoms with Gasteiger partial charge in [-0.1, -0.05) is 37.6 Å². The largest absolute Gasteiger partial charge is 0.497 e. The van der Waals surface area contributed by atoms with Crippen LogP contribution in [0.1, 0.15) is 35.8 Å². The number of nitro benzene ring substituents is 1. The summed E-state index contributed by atoms with van der Waals surface area (Å²) in [7, 11) is 1.59. The number of carbonyl (C=O) groups excluding carboxylic acids is 1. The molecule has 0 fully saturated rings. The van der Waals surface area contributed by atoms with Crippen molar-refractivity contribution in [3.63, 3.8) is 0 Å². The molecule has 0 aliphatic heterocycles. The van der Waals surface area contributed by atoms with Gasteiger partial charge < -0.3 is 10.1 Å². The Kier molecular flexibility index (Phi) is 5.98. The van der Waals surface area contributed by atoms with E-state index in [1.807, 2.05) is 38.1 Å². The molecular weight excluding hydrogens is 344 g/mol. The molecule has 7 heteroatoms. The van der Waals surface area contributed by atoms with Gasteiger partial charge in [0.1, 0.15) is 10.8 Å². The van der Waals surface area contributed by atoms with Gasteiger partial charge in [0, 0.05) is 11.6 Å². The summed E-state index contributed by atoms with van der Waals surface area (Å²) in [5, 5.41) is 13.9. The van der Waals surface area contributed by atoms with Crippen molar-refractivity contribution in [3.05, 3.63) is 68.7 Å². The fourth-order valence-corrected chi connectivity index (χ4v) is 2.65. The van der Waals surface area contributed by atoms with Gasteiger partial charge in [0.25, 0.3) is 11.6 Å². The van der Waals surface area contributed by atoms with Crippen molar-refractivity contribution in [2.75, 3.05) is 7.11 Å². The Morgan fingerprint density at radius 2 is 1.84 bits per heavy atom. The van der Waals surface area contributed by atoms with E-state index >= 15 is 0 Å². The van der Waals surface area contributed by atoms with Gasteiger partial charge in [-0.2, -0.15) is 0 Å². The van der Waals surface area contributed by atoms with Crippen LogP contribution in [0.2, 0.25) is 5.02 Å². The van der Waals surface area contributed by atoms with E-state index in [1.165, 1.54) is 18.2 Å². The molecule has 0 aromatic heterocycles. The predicted octanol–water partition coefficient (Wildman–Crippen LogP) is 4.38. The van der Waals surface area contributed by atoms with Crippen LogP contribution >= 0.6 is 11.6 Å². The summed E-state index contributed by atoms with van der Waals surface area (Å²) in [4.78, 5) is 22.9. The Morgan fingerprint density at radius 3 is 2.36 bits per heavy atom. The van der Waals surface area contributed by atoms with Crippen molar-refractivity contribution >= 4 is 23.2 Å². The molecule has 0 aliphatic rings. The molecule has 0 radical (unpaired) electrons. The number of hydrogen-bond donors (Lipinski definition) is 1. The number of methoxy groups -OCH3 is 1. The summed E-state index contributed by atoms with van der Waals surface area (Å²) >= 11 is 5.79. The number of halogens is 1. The van der Waals surface area contributed by atoms with E-state index in [0.29, 0.717) is 0 Å². The molecule has 132 valence electrons. The normalized spacial score (nSPS) is 11.9. The topological polar surface area (TPSA) is 81.5 Å². The highest BCUT2D eigenvalue weighted by Crippen LogP contribution is 2.27. The van der Waals surface area contributed by atoms with Crippen molar-refractivity contribution in [1.82, 2.24) is 5.32 Å². The maximum atomic E-state index is 12.5. The molecule has 6 nitrogen and oxygen atoms in total. The zero-order valence-electron chi connectivity index (χ0n) is 14.2. The Balaban J connectivity index is 2.25. The number of nitrogens with zero attached hydrogens (tertiary/aromatic N) is 1. The maximum absolute atomic E-state index is 12.5. The van der Waals surface area contributed by atoms with E-state index in [0.717, 1.165) is 11.3 Å². The summed E-state index contributed by atoms with van der Waals surface area (Å²) in [6, 6.07) is 11.2. The molecule has 0 bridgehead atoms. The maximum Gasteiger partial charge on any atom is 0.288 e. The van der Waals surface area contributed by atoms with Gasteiger partial charge in [0.15, 0.2) is 0 Å². The van der Waals surface area contributed by atoms with Crippen molar-refractivity contribution in [3.8, 4) is 5.75 Å². The van der Waals surface area contributed by atoms with E-state index in [1.54, 1.807) is 7.11 Å². The van der Waals surface area contributed by atoms with Gasteiger partial charge in [-0.3, -0.25) is 14.9 Å². The standard InChI is InChI=1S/C18H19ClN2O4/c1-11(2)17(12-4-7-14(25-3)8-5-12)20-18(22)13-6-9-15(19)16(10-13)21(23)24/h4-11,17H,1-3H3,(H,20,22). The van der Waals surface area contributed by atoms with Crippen molar-refractivity contribution in [1.29, 1.82) is 0 Å². The summed E-state index contributed by atoms with van der Waals surface area (Å²) in [5.74, 6) is 0.458. The van der Waals surface area contributed by atoms with Crippen LogP contribution in [0.15, 0.2) is 42.5 Å². The first-order valence-electron chi connectivity index (χ1n) is 7.72. The third-order valence-electron chi connectivity index (χ3n) is 3.83. The first-order valence-corrected chi connectivity index (χ1v) is 8.10. The average molecular weight is 363 g/mol. The number of ether oxygens (including phenoxy) is 1. The van der Waals surface area contributed by atoms with E-state index in [4.69, 9.17) is 16.3 Å². The monoisotopic (exact) mass is 362 g/mol. The number of hydrogen-bond acceptors (Lipinski definition) is 4. The molecule has 0 saturated carbocycles. The number of amides is 1. The second-order valence-electron chi connectivity index (χ2n) is 5.89. The fourth-order valence-electron chi connectivity index (χ4n) is 2.46. The van der Waals surface area contributed by atoms with Crippen molar-refractivity contribution in [2.45, 2.75) is 19.9 Å². The lowest BCUT2D eigenvalue weighted by molar-refractivity contribution is -0.384.